The van der Waals surface area contributed by atoms with Crippen LogP contribution in [-0.4, -0.2) is 30.1 Å². The summed E-state index contributed by atoms with van der Waals surface area (Å²) >= 11 is 0. The summed E-state index contributed by atoms with van der Waals surface area (Å²) < 4.78 is 24.1. The molecule has 2 aromatic carbocycles. The topological polar surface area (TPSA) is 85.4 Å². The van der Waals surface area contributed by atoms with E-state index in [-0.39, 0.29) is 11.4 Å². The van der Waals surface area contributed by atoms with Gasteiger partial charge in [0, 0.05) is 6.07 Å². The molecule has 7 nitrogen and oxygen atoms in total. The van der Waals surface area contributed by atoms with Gasteiger partial charge < -0.3 is 20.1 Å². The Bertz CT molecular complexity index is 948. The van der Waals surface area contributed by atoms with Crippen molar-refractivity contribution in [2.75, 3.05) is 24.9 Å². The zero-order valence-corrected chi connectivity index (χ0v) is 14.7. The van der Waals surface area contributed by atoms with E-state index in [0.29, 0.717) is 23.0 Å². The van der Waals surface area contributed by atoms with E-state index in [1.807, 2.05) is 0 Å². The number of methoxy groups -OCH3 is 2. The molecule has 0 bridgehead atoms. The number of ether oxygens (including phenoxy) is 2. The van der Waals surface area contributed by atoms with Crippen LogP contribution in [-0.2, 0) is 0 Å². The Hall–Kier alpha value is -3.68. The van der Waals surface area contributed by atoms with Crippen molar-refractivity contribution in [1.29, 1.82) is 0 Å². The predicted octanol–water partition coefficient (Wildman–Crippen LogP) is 3.63. The molecule has 0 aliphatic heterocycles. The van der Waals surface area contributed by atoms with Crippen LogP contribution in [0, 0.1) is 5.82 Å². The molecule has 0 saturated carbocycles. The predicted molar refractivity (Wildman–Crippen MR) is 99.2 cm³/mol. The van der Waals surface area contributed by atoms with Crippen LogP contribution in [0.5, 0.6) is 11.5 Å². The lowest BCUT2D eigenvalue weighted by Crippen LogP contribution is -2.15. The van der Waals surface area contributed by atoms with Gasteiger partial charge in [0.2, 0.25) is 0 Å². The van der Waals surface area contributed by atoms with Crippen LogP contribution in [0.2, 0.25) is 0 Å². The van der Waals surface area contributed by atoms with Crippen molar-refractivity contribution in [2.24, 2.45) is 0 Å². The van der Waals surface area contributed by atoms with Crippen LogP contribution >= 0.6 is 0 Å². The molecule has 0 spiro atoms. The van der Waals surface area contributed by atoms with Gasteiger partial charge >= 0.3 is 0 Å². The normalized spacial score (nSPS) is 10.2. The first-order chi connectivity index (χ1) is 13.1. The van der Waals surface area contributed by atoms with Crippen molar-refractivity contribution in [3.8, 4) is 11.5 Å². The molecule has 0 fully saturated rings. The van der Waals surface area contributed by atoms with Crippen molar-refractivity contribution in [1.82, 2.24) is 9.97 Å². The first kappa shape index (κ1) is 18.1. The summed E-state index contributed by atoms with van der Waals surface area (Å²) in [5.74, 6) is 0.565. The average molecular weight is 368 g/mol. The van der Waals surface area contributed by atoms with Gasteiger partial charge in [-0.3, -0.25) is 4.79 Å². The highest BCUT2D eigenvalue weighted by Crippen LogP contribution is 2.30. The molecule has 0 aliphatic rings. The maximum atomic E-state index is 13.6. The number of nitrogens with zero attached hydrogens (tertiary/aromatic N) is 2. The maximum absolute atomic E-state index is 13.6. The Morgan fingerprint density at radius 2 is 1.81 bits per heavy atom. The Kier molecular flexibility index (Phi) is 5.46. The summed E-state index contributed by atoms with van der Waals surface area (Å²) in [6.45, 7) is 0. The highest BCUT2D eigenvalue weighted by atomic mass is 19.1. The van der Waals surface area contributed by atoms with Crippen LogP contribution in [0.1, 0.15) is 10.5 Å². The molecule has 1 aromatic heterocycles. The smallest absolute Gasteiger partial charge is 0.275 e. The molecule has 8 heteroatoms. The van der Waals surface area contributed by atoms with Crippen LogP contribution < -0.4 is 20.1 Å². The third kappa shape index (κ3) is 4.30. The van der Waals surface area contributed by atoms with E-state index in [2.05, 4.69) is 20.6 Å². The van der Waals surface area contributed by atoms with Gasteiger partial charge in [-0.25, -0.2) is 14.4 Å². The number of hydrogen-bond acceptors (Lipinski definition) is 6. The Morgan fingerprint density at radius 1 is 1.00 bits per heavy atom. The molecule has 0 aliphatic carbocycles. The molecule has 1 heterocycles. The summed E-state index contributed by atoms with van der Waals surface area (Å²) in [5, 5.41) is 5.51. The summed E-state index contributed by atoms with van der Waals surface area (Å²) in [5.41, 5.74) is 0.767. The Morgan fingerprint density at radius 3 is 2.48 bits per heavy atom. The minimum atomic E-state index is -0.557. The van der Waals surface area contributed by atoms with Crippen molar-refractivity contribution in [2.45, 2.75) is 0 Å². The second-order valence-corrected chi connectivity index (χ2v) is 5.41. The molecule has 3 rings (SSSR count). The highest BCUT2D eigenvalue weighted by molar-refractivity contribution is 6.02. The lowest BCUT2D eigenvalue weighted by atomic mass is 10.2. The van der Waals surface area contributed by atoms with E-state index in [1.54, 1.807) is 38.5 Å². The van der Waals surface area contributed by atoms with Crippen LogP contribution in [0.15, 0.2) is 54.9 Å². The van der Waals surface area contributed by atoms with E-state index in [1.165, 1.54) is 30.6 Å². The number of aromatic nitrogens is 2. The second-order valence-electron chi connectivity index (χ2n) is 5.41. The molecule has 3 aromatic rings. The minimum Gasteiger partial charge on any atom is -0.497 e. The molecule has 0 saturated heterocycles. The average Bonchev–Trinajstić information content (AvgIpc) is 2.70. The van der Waals surface area contributed by atoms with Crippen molar-refractivity contribution >= 4 is 23.1 Å². The monoisotopic (exact) mass is 368 g/mol. The summed E-state index contributed by atoms with van der Waals surface area (Å²) in [4.78, 5) is 20.4. The van der Waals surface area contributed by atoms with Crippen molar-refractivity contribution in [3.05, 3.63) is 66.4 Å². The lowest BCUT2D eigenvalue weighted by Gasteiger charge is -2.12. The van der Waals surface area contributed by atoms with Gasteiger partial charge in [0.1, 0.15) is 28.8 Å². The van der Waals surface area contributed by atoms with Gasteiger partial charge in [-0.2, -0.15) is 0 Å². The van der Waals surface area contributed by atoms with Crippen LogP contribution in [0.4, 0.5) is 21.6 Å². The quantitative estimate of drug-likeness (QED) is 0.691. The number of anilines is 3. The van der Waals surface area contributed by atoms with E-state index < -0.39 is 11.7 Å². The molecular weight excluding hydrogens is 351 g/mol. The third-order valence-corrected chi connectivity index (χ3v) is 3.68. The number of benzene rings is 2. The van der Waals surface area contributed by atoms with Gasteiger partial charge in [-0.15, -0.1) is 0 Å². The van der Waals surface area contributed by atoms with E-state index in [4.69, 9.17) is 9.47 Å². The summed E-state index contributed by atoms with van der Waals surface area (Å²) in [6, 6.07) is 11.2. The van der Waals surface area contributed by atoms with Gasteiger partial charge in [0.15, 0.2) is 0 Å². The number of carbonyl (C=O) groups is 1. The number of carbonyl (C=O) groups excluding carboxylic acids is 1. The van der Waals surface area contributed by atoms with Crippen LogP contribution in [0.3, 0.4) is 0 Å². The zero-order valence-electron chi connectivity index (χ0n) is 14.7. The fraction of sp³-hybridized carbons (Fsp3) is 0.105. The maximum Gasteiger partial charge on any atom is 0.275 e. The molecule has 27 heavy (non-hydrogen) atoms. The number of nitrogens with one attached hydrogen (secondary N) is 2. The first-order valence-electron chi connectivity index (χ1n) is 7.97. The summed E-state index contributed by atoms with van der Waals surface area (Å²) in [6.07, 6.45) is 2.69. The van der Waals surface area contributed by atoms with Gasteiger partial charge in [-0.1, -0.05) is 12.1 Å². The van der Waals surface area contributed by atoms with Gasteiger partial charge in [0.25, 0.3) is 5.91 Å². The summed E-state index contributed by atoms with van der Waals surface area (Å²) in [7, 11) is 3.11. The van der Waals surface area contributed by atoms with Crippen molar-refractivity contribution < 1.29 is 18.7 Å². The molecule has 0 atom stereocenters. The van der Waals surface area contributed by atoms with E-state index in [9.17, 15) is 9.18 Å². The Labute approximate surface area is 155 Å². The highest BCUT2D eigenvalue weighted by Gasteiger charge is 2.12. The third-order valence-electron chi connectivity index (χ3n) is 3.68. The lowest BCUT2D eigenvalue weighted by molar-refractivity contribution is 0.102. The minimum absolute atomic E-state index is 0.0569. The van der Waals surface area contributed by atoms with Crippen molar-refractivity contribution in [3.63, 3.8) is 0 Å². The Balaban J connectivity index is 1.74. The fourth-order valence-electron chi connectivity index (χ4n) is 2.31. The number of rotatable bonds is 6. The second kappa shape index (κ2) is 8.13. The number of para-hydroxylation sites is 1. The largest absolute Gasteiger partial charge is 0.497 e. The number of hydrogen-bond donors (Lipinski definition) is 2. The van der Waals surface area contributed by atoms with E-state index in [0.717, 1.165) is 0 Å². The van der Waals surface area contributed by atoms with Gasteiger partial charge in [0.05, 0.1) is 38.0 Å². The molecule has 0 radical (unpaired) electrons. The molecule has 1 amide bonds. The van der Waals surface area contributed by atoms with E-state index >= 15 is 0 Å². The number of amides is 1. The number of halogens is 1. The molecule has 0 unspecified atom stereocenters. The molecule has 2 N–H and O–H groups in total. The van der Waals surface area contributed by atoms with Gasteiger partial charge in [-0.05, 0) is 24.3 Å². The first-order valence-corrected chi connectivity index (χ1v) is 7.97. The SMILES string of the molecule is COc1ccc(OC)c(Nc2cnc(C(=O)Nc3ccccc3F)cn2)c1. The standard InChI is InChI=1S/C19H17FN4O3/c1-26-12-7-8-17(27-2)15(9-12)23-18-11-21-16(10-22-18)19(25)24-14-6-4-3-5-13(14)20/h3-11H,1-2H3,(H,22,23)(H,24,25). The fourth-order valence-corrected chi connectivity index (χ4v) is 2.31. The zero-order chi connectivity index (χ0) is 19.2. The van der Waals surface area contributed by atoms with Crippen LogP contribution in [0.25, 0.3) is 0 Å². The molecule has 138 valence electrons. The molecular formula is C19H17FN4O3.